The summed E-state index contributed by atoms with van der Waals surface area (Å²) in [5.74, 6) is 0.177. The monoisotopic (exact) mass is 358 g/mol. The van der Waals surface area contributed by atoms with E-state index >= 15 is 0 Å². The molecule has 0 radical (unpaired) electrons. The molecule has 1 fully saturated rings. The molecule has 0 aliphatic heterocycles. The summed E-state index contributed by atoms with van der Waals surface area (Å²) < 4.78 is 1.96. The Balaban J connectivity index is 1.71. The van der Waals surface area contributed by atoms with E-state index in [0.717, 1.165) is 29.2 Å². The first-order chi connectivity index (χ1) is 12.1. The van der Waals surface area contributed by atoms with Crippen LogP contribution in [0.4, 0.5) is 0 Å². The van der Waals surface area contributed by atoms with E-state index in [9.17, 15) is 4.79 Å². The average molecular weight is 359 g/mol. The third-order valence-electron chi connectivity index (χ3n) is 4.99. The Bertz CT molecular complexity index is 724. The van der Waals surface area contributed by atoms with Crippen molar-refractivity contribution in [2.24, 2.45) is 0 Å². The van der Waals surface area contributed by atoms with E-state index in [1.165, 1.54) is 31.0 Å². The van der Waals surface area contributed by atoms with E-state index in [1.807, 2.05) is 41.6 Å². The van der Waals surface area contributed by atoms with E-state index in [-0.39, 0.29) is 11.2 Å². The predicted molar refractivity (Wildman–Crippen MR) is 101 cm³/mol. The maximum atomic E-state index is 12.8. The van der Waals surface area contributed by atoms with Crippen LogP contribution >= 0.6 is 11.8 Å². The summed E-state index contributed by atoms with van der Waals surface area (Å²) >= 11 is 1.48. The average Bonchev–Trinajstić information content (AvgIpc) is 3.09. The number of nitrogens with zero attached hydrogens (tertiary/aromatic N) is 4. The molecule has 0 bridgehead atoms. The Morgan fingerprint density at radius 1 is 1.28 bits per heavy atom. The number of aromatic nitrogens is 3. The number of carbonyl (C=O) groups is 1. The molecule has 6 heteroatoms. The summed E-state index contributed by atoms with van der Waals surface area (Å²) in [6, 6.07) is 8.51. The van der Waals surface area contributed by atoms with Gasteiger partial charge in [0.25, 0.3) is 0 Å². The predicted octanol–water partition coefficient (Wildman–Crippen LogP) is 3.85. The highest BCUT2D eigenvalue weighted by molar-refractivity contribution is 8.00. The van der Waals surface area contributed by atoms with Gasteiger partial charge in [0.15, 0.2) is 5.16 Å². The van der Waals surface area contributed by atoms with Crippen LogP contribution in [0.2, 0.25) is 0 Å². The van der Waals surface area contributed by atoms with E-state index in [2.05, 4.69) is 23.2 Å². The van der Waals surface area contributed by atoms with Gasteiger partial charge in [-0.3, -0.25) is 9.36 Å². The fourth-order valence-electron chi connectivity index (χ4n) is 3.45. The van der Waals surface area contributed by atoms with Crippen LogP contribution in [0.15, 0.2) is 35.7 Å². The molecule has 3 rings (SSSR count). The number of amides is 1. The second-order valence-corrected chi connectivity index (χ2v) is 8.08. The van der Waals surface area contributed by atoms with E-state index in [1.54, 1.807) is 6.33 Å². The lowest BCUT2D eigenvalue weighted by molar-refractivity contribution is -0.131. The van der Waals surface area contributed by atoms with E-state index in [0.29, 0.717) is 6.04 Å². The van der Waals surface area contributed by atoms with Gasteiger partial charge in [0.2, 0.25) is 5.91 Å². The summed E-state index contributed by atoms with van der Waals surface area (Å²) in [5, 5.41) is 8.86. The molecule has 1 amide bonds. The van der Waals surface area contributed by atoms with Gasteiger partial charge < -0.3 is 4.90 Å². The molecular weight excluding hydrogens is 332 g/mol. The van der Waals surface area contributed by atoms with Crippen LogP contribution in [0.1, 0.15) is 44.6 Å². The smallest absolute Gasteiger partial charge is 0.235 e. The molecule has 0 spiro atoms. The summed E-state index contributed by atoms with van der Waals surface area (Å²) in [6.07, 6.45) is 7.71. The molecule has 1 saturated carbocycles. The van der Waals surface area contributed by atoms with Gasteiger partial charge in [0.1, 0.15) is 6.33 Å². The number of aryl methyl sites for hydroxylation is 1. The molecule has 1 aromatic heterocycles. The Labute approximate surface area is 153 Å². The first kappa shape index (κ1) is 18.0. The zero-order valence-electron chi connectivity index (χ0n) is 15.2. The van der Waals surface area contributed by atoms with Crippen LogP contribution in [0.3, 0.4) is 0 Å². The minimum absolute atomic E-state index is 0.177. The minimum Gasteiger partial charge on any atom is -0.342 e. The van der Waals surface area contributed by atoms with Gasteiger partial charge in [-0.15, -0.1) is 10.2 Å². The maximum absolute atomic E-state index is 12.8. The van der Waals surface area contributed by atoms with Crippen molar-refractivity contribution in [2.45, 2.75) is 62.4 Å². The molecule has 1 atom stereocenters. The largest absolute Gasteiger partial charge is 0.342 e. The number of rotatable bonds is 5. The highest BCUT2D eigenvalue weighted by Gasteiger charge is 2.27. The van der Waals surface area contributed by atoms with Gasteiger partial charge in [-0.2, -0.15) is 0 Å². The number of hydrogen-bond donors (Lipinski definition) is 0. The fraction of sp³-hybridized carbons (Fsp3) is 0.526. The van der Waals surface area contributed by atoms with Gasteiger partial charge >= 0.3 is 0 Å². The van der Waals surface area contributed by atoms with Crippen LogP contribution in [-0.2, 0) is 4.79 Å². The number of para-hydroxylation sites is 1. The van der Waals surface area contributed by atoms with Gasteiger partial charge in [-0.05, 0) is 38.3 Å². The third-order valence-corrected chi connectivity index (χ3v) is 6.04. The van der Waals surface area contributed by atoms with Gasteiger partial charge in [0, 0.05) is 13.1 Å². The molecule has 1 unspecified atom stereocenters. The van der Waals surface area contributed by atoms with Crippen molar-refractivity contribution in [1.29, 1.82) is 0 Å². The van der Waals surface area contributed by atoms with Crippen molar-refractivity contribution in [3.63, 3.8) is 0 Å². The third kappa shape index (κ3) is 4.06. The molecule has 2 aromatic rings. The number of hydrogen-bond acceptors (Lipinski definition) is 4. The molecule has 1 aromatic carbocycles. The van der Waals surface area contributed by atoms with Crippen molar-refractivity contribution in [2.75, 3.05) is 7.05 Å². The number of benzene rings is 1. The van der Waals surface area contributed by atoms with E-state index in [4.69, 9.17) is 0 Å². The molecule has 1 heterocycles. The van der Waals surface area contributed by atoms with Crippen LogP contribution in [0.5, 0.6) is 0 Å². The topological polar surface area (TPSA) is 51.0 Å². The molecule has 1 aliphatic rings. The normalized spacial score (nSPS) is 16.6. The minimum atomic E-state index is -0.182. The first-order valence-corrected chi connectivity index (χ1v) is 9.85. The number of carbonyl (C=O) groups excluding carboxylic acids is 1. The van der Waals surface area contributed by atoms with Crippen molar-refractivity contribution < 1.29 is 4.79 Å². The highest BCUT2D eigenvalue weighted by atomic mass is 32.2. The van der Waals surface area contributed by atoms with Crippen molar-refractivity contribution in [3.05, 3.63) is 36.2 Å². The van der Waals surface area contributed by atoms with Gasteiger partial charge in [-0.25, -0.2) is 0 Å². The SMILES string of the molecule is Cc1ccccc1-n1cnnc1SC(C)C(=O)N(C)C1CCCCC1. The van der Waals surface area contributed by atoms with Crippen LogP contribution in [-0.4, -0.2) is 43.9 Å². The Morgan fingerprint density at radius 3 is 2.72 bits per heavy atom. The fourth-order valence-corrected chi connectivity index (χ4v) is 4.38. The molecule has 0 saturated heterocycles. The molecule has 1 aliphatic carbocycles. The lowest BCUT2D eigenvalue weighted by atomic mass is 9.94. The summed E-state index contributed by atoms with van der Waals surface area (Å²) in [7, 11) is 1.95. The summed E-state index contributed by atoms with van der Waals surface area (Å²) in [4.78, 5) is 14.8. The zero-order chi connectivity index (χ0) is 17.8. The Kier molecular flexibility index (Phi) is 5.78. The maximum Gasteiger partial charge on any atom is 0.235 e. The standard InChI is InChI=1S/C19H26N4OS/c1-14-9-7-8-12-17(14)23-13-20-21-19(23)25-15(2)18(24)22(3)16-10-5-4-6-11-16/h7-9,12-13,15-16H,4-6,10-11H2,1-3H3. The lowest BCUT2D eigenvalue weighted by Gasteiger charge is -2.32. The summed E-state index contributed by atoms with van der Waals surface area (Å²) in [6.45, 7) is 4.03. The van der Waals surface area contributed by atoms with Crippen LogP contribution in [0.25, 0.3) is 5.69 Å². The molecule has 5 nitrogen and oxygen atoms in total. The zero-order valence-corrected chi connectivity index (χ0v) is 16.0. The molecule has 0 N–H and O–H groups in total. The van der Waals surface area contributed by atoms with Gasteiger partial charge in [-0.1, -0.05) is 49.2 Å². The first-order valence-electron chi connectivity index (χ1n) is 8.97. The van der Waals surface area contributed by atoms with Crippen LogP contribution < -0.4 is 0 Å². The molecule has 25 heavy (non-hydrogen) atoms. The quantitative estimate of drug-likeness (QED) is 0.762. The summed E-state index contributed by atoms with van der Waals surface area (Å²) in [5.41, 5.74) is 2.21. The second kappa shape index (κ2) is 8.04. The van der Waals surface area contributed by atoms with Crippen molar-refractivity contribution >= 4 is 17.7 Å². The Morgan fingerprint density at radius 2 is 2.00 bits per heavy atom. The highest BCUT2D eigenvalue weighted by Crippen LogP contribution is 2.28. The van der Waals surface area contributed by atoms with Crippen LogP contribution in [0, 0.1) is 6.92 Å². The lowest BCUT2D eigenvalue weighted by Crippen LogP contribution is -2.42. The Hall–Kier alpha value is -1.82. The molecular formula is C19H26N4OS. The second-order valence-electron chi connectivity index (χ2n) is 6.77. The van der Waals surface area contributed by atoms with Crippen molar-refractivity contribution in [1.82, 2.24) is 19.7 Å². The molecule has 134 valence electrons. The van der Waals surface area contributed by atoms with Crippen molar-refractivity contribution in [3.8, 4) is 5.69 Å². The van der Waals surface area contributed by atoms with E-state index < -0.39 is 0 Å². The van der Waals surface area contributed by atoms with Gasteiger partial charge in [0.05, 0.1) is 10.9 Å². The number of thioether (sulfide) groups is 1.